The predicted molar refractivity (Wildman–Crippen MR) is 73.3 cm³/mol. The lowest BCUT2D eigenvalue weighted by atomic mass is 9.93. The predicted octanol–water partition coefficient (Wildman–Crippen LogP) is 1.78. The first kappa shape index (κ1) is 13.2. The van der Waals surface area contributed by atoms with Crippen LogP contribution < -0.4 is 10.6 Å². The van der Waals surface area contributed by atoms with Crippen LogP contribution >= 0.6 is 11.8 Å². The van der Waals surface area contributed by atoms with Crippen LogP contribution in [0, 0.1) is 5.92 Å². The lowest BCUT2D eigenvalue weighted by molar-refractivity contribution is -0.126. The third-order valence-corrected chi connectivity index (χ3v) is 5.16. The lowest BCUT2D eigenvalue weighted by Gasteiger charge is -2.30. The van der Waals surface area contributed by atoms with Crippen molar-refractivity contribution in [1.29, 1.82) is 0 Å². The number of amides is 1. The van der Waals surface area contributed by atoms with E-state index in [1.54, 1.807) is 0 Å². The zero-order valence-corrected chi connectivity index (χ0v) is 11.5. The molecule has 0 aromatic rings. The van der Waals surface area contributed by atoms with Crippen molar-refractivity contribution in [2.45, 2.75) is 49.8 Å². The Morgan fingerprint density at radius 3 is 2.59 bits per heavy atom. The Labute approximate surface area is 108 Å². The molecule has 0 radical (unpaired) electrons. The van der Waals surface area contributed by atoms with Gasteiger partial charge in [0, 0.05) is 17.8 Å². The smallest absolute Gasteiger partial charge is 0.224 e. The second-order valence-electron chi connectivity index (χ2n) is 5.26. The van der Waals surface area contributed by atoms with Crippen LogP contribution in [0.4, 0.5) is 0 Å². The number of hydrogen-bond donors (Lipinski definition) is 2. The van der Waals surface area contributed by atoms with Crippen LogP contribution in [0.2, 0.25) is 0 Å². The van der Waals surface area contributed by atoms with Crippen LogP contribution in [0.25, 0.3) is 0 Å². The second kappa shape index (κ2) is 6.64. The molecule has 1 amide bonds. The molecule has 1 aliphatic heterocycles. The van der Waals surface area contributed by atoms with Gasteiger partial charge in [0.15, 0.2) is 0 Å². The Morgan fingerprint density at radius 1 is 1.24 bits per heavy atom. The van der Waals surface area contributed by atoms with Gasteiger partial charge in [0.1, 0.15) is 0 Å². The molecule has 0 unspecified atom stereocenters. The molecule has 3 nitrogen and oxygen atoms in total. The number of carbonyl (C=O) groups excluding carboxylic acids is 1. The molecule has 0 spiro atoms. The Hall–Kier alpha value is -0.220. The maximum atomic E-state index is 12.1. The third-order valence-electron chi connectivity index (χ3n) is 4.02. The van der Waals surface area contributed by atoms with Crippen molar-refractivity contribution in [2.75, 3.05) is 19.3 Å². The van der Waals surface area contributed by atoms with Crippen LogP contribution in [-0.2, 0) is 4.79 Å². The second-order valence-corrected chi connectivity index (χ2v) is 6.40. The van der Waals surface area contributed by atoms with Crippen LogP contribution in [-0.4, -0.2) is 36.5 Å². The molecule has 2 aliphatic rings. The van der Waals surface area contributed by atoms with E-state index in [-0.39, 0.29) is 11.8 Å². The van der Waals surface area contributed by atoms with E-state index in [2.05, 4.69) is 16.9 Å². The van der Waals surface area contributed by atoms with Gasteiger partial charge in [-0.25, -0.2) is 0 Å². The van der Waals surface area contributed by atoms with Gasteiger partial charge in [-0.2, -0.15) is 11.8 Å². The molecule has 98 valence electrons. The minimum atomic E-state index is 0.210. The number of carbonyl (C=O) groups is 1. The average Bonchev–Trinajstić information content (AvgIpc) is 2.40. The fourth-order valence-electron chi connectivity index (χ4n) is 2.84. The van der Waals surface area contributed by atoms with Crippen LogP contribution in [0.15, 0.2) is 0 Å². The van der Waals surface area contributed by atoms with E-state index in [1.807, 2.05) is 11.8 Å². The van der Waals surface area contributed by atoms with Crippen molar-refractivity contribution in [3.8, 4) is 0 Å². The Bertz CT molecular complexity index is 246. The Kier molecular flexibility index (Phi) is 5.16. The summed E-state index contributed by atoms with van der Waals surface area (Å²) in [6.45, 7) is 1.94. The van der Waals surface area contributed by atoms with Crippen molar-refractivity contribution in [2.24, 2.45) is 5.92 Å². The lowest BCUT2D eigenvalue weighted by Crippen LogP contribution is -2.45. The highest BCUT2D eigenvalue weighted by Gasteiger charge is 2.26. The average molecular weight is 256 g/mol. The standard InChI is InChI=1S/C13H24N2OS/c1-17-12-6-4-11(5-7-12)15-13(16)10-3-2-8-14-9-10/h10-12,14H,2-9H2,1H3,(H,15,16)/t10-,11?,12?/m1/s1. The van der Waals surface area contributed by atoms with Gasteiger partial charge in [0.05, 0.1) is 5.92 Å². The highest BCUT2D eigenvalue weighted by Crippen LogP contribution is 2.27. The summed E-state index contributed by atoms with van der Waals surface area (Å²) in [6, 6.07) is 0.438. The molecule has 1 atom stereocenters. The van der Waals surface area contributed by atoms with Crippen molar-refractivity contribution < 1.29 is 4.79 Å². The zero-order valence-electron chi connectivity index (χ0n) is 10.7. The van der Waals surface area contributed by atoms with Gasteiger partial charge in [0.2, 0.25) is 5.91 Å². The SMILES string of the molecule is CSC1CCC(NC(=O)[C@@H]2CCCNC2)CC1. The number of thioether (sulfide) groups is 1. The number of nitrogens with one attached hydrogen (secondary N) is 2. The molecule has 0 bridgehead atoms. The Morgan fingerprint density at radius 2 is 2.00 bits per heavy atom. The summed E-state index contributed by atoms with van der Waals surface area (Å²) >= 11 is 1.97. The van der Waals surface area contributed by atoms with Crippen molar-refractivity contribution in [3.63, 3.8) is 0 Å². The van der Waals surface area contributed by atoms with E-state index in [4.69, 9.17) is 0 Å². The molecule has 17 heavy (non-hydrogen) atoms. The molecule has 2 rings (SSSR count). The molecule has 1 saturated carbocycles. The topological polar surface area (TPSA) is 41.1 Å². The first-order chi connectivity index (χ1) is 8.29. The van der Waals surface area contributed by atoms with Gasteiger partial charge in [-0.05, 0) is 51.3 Å². The van der Waals surface area contributed by atoms with Gasteiger partial charge < -0.3 is 10.6 Å². The summed E-state index contributed by atoms with van der Waals surface area (Å²) in [5.74, 6) is 0.492. The summed E-state index contributed by atoms with van der Waals surface area (Å²) in [7, 11) is 0. The fraction of sp³-hybridized carbons (Fsp3) is 0.923. The summed E-state index contributed by atoms with van der Waals surface area (Å²) in [5.41, 5.74) is 0. The van der Waals surface area contributed by atoms with Gasteiger partial charge in [-0.1, -0.05) is 0 Å². The van der Waals surface area contributed by atoms with E-state index >= 15 is 0 Å². The highest BCUT2D eigenvalue weighted by atomic mass is 32.2. The first-order valence-corrected chi connectivity index (χ1v) is 8.12. The normalized spacial score (nSPS) is 34.3. The van der Waals surface area contributed by atoms with E-state index in [0.29, 0.717) is 6.04 Å². The van der Waals surface area contributed by atoms with Crippen molar-refractivity contribution in [3.05, 3.63) is 0 Å². The fourth-order valence-corrected chi connectivity index (χ4v) is 3.58. The van der Waals surface area contributed by atoms with Crippen LogP contribution in [0.5, 0.6) is 0 Å². The highest BCUT2D eigenvalue weighted by molar-refractivity contribution is 7.99. The van der Waals surface area contributed by atoms with E-state index in [0.717, 1.165) is 44.0 Å². The van der Waals surface area contributed by atoms with Gasteiger partial charge >= 0.3 is 0 Å². The summed E-state index contributed by atoms with van der Waals surface area (Å²) in [6.07, 6.45) is 9.23. The maximum Gasteiger partial charge on any atom is 0.224 e. The molecule has 2 fully saturated rings. The molecule has 0 aromatic carbocycles. The van der Waals surface area contributed by atoms with E-state index < -0.39 is 0 Å². The van der Waals surface area contributed by atoms with Crippen molar-refractivity contribution >= 4 is 17.7 Å². The summed E-state index contributed by atoms with van der Waals surface area (Å²) in [5, 5.41) is 7.37. The van der Waals surface area contributed by atoms with Crippen LogP contribution in [0.1, 0.15) is 38.5 Å². The van der Waals surface area contributed by atoms with Gasteiger partial charge in [0.25, 0.3) is 0 Å². The van der Waals surface area contributed by atoms with Gasteiger partial charge in [-0.15, -0.1) is 0 Å². The van der Waals surface area contributed by atoms with Crippen LogP contribution in [0.3, 0.4) is 0 Å². The Balaban J connectivity index is 1.71. The molecular weight excluding hydrogens is 232 g/mol. The number of hydrogen-bond acceptors (Lipinski definition) is 3. The minimum Gasteiger partial charge on any atom is -0.353 e. The molecule has 1 heterocycles. The molecular formula is C13H24N2OS. The largest absolute Gasteiger partial charge is 0.353 e. The molecule has 1 aliphatic carbocycles. The number of piperidine rings is 1. The molecule has 0 aromatic heterocycles. The summed E-state index contributed by atoms with van der Waals surface area (Å²) < 4.78 is 0. The number of rotatable bonds is 3. The van der Waals surface area contributed by atoms with Crippen molar-refractivity contribution in [1.82, 2.24) is 10.6 Å². The molecule has 4 heteroatoms. The van der Waals surface area contributed by atoms with Gasteiger partial charge in [-0.3, -0.25) is 4.79 Å². The quantitative estimate of drug-likeness (QED) is 0.809. The summed E-state index contributed by atoms with van der Waals surface area (Å²) in [4.78, 5) is 12.1. The molecule has 1 saturated heterocycles. The maximum absolute atomic E-state index is 12.1. The third kappa shape index (κ3) is 3.88. The first-order valence-electron chi connectivity index (χ1n) is 6.83. The monoisotopic (exact) mass is 256 g/mol. The minimum absolute atomic E-state index is 0.210. The molecule has 2 N–H and O–H groups in total. The van der Waals surface area contributed by atoms with E-state index in [9.17, 15) is 4.79 Å². The van der Waals surface area contributed by atoms with E-state index in [1.165, 1.54) is 12.8 Å². The zero-order chi connectivity index (χ0) is 12.1.